The zero-order valence-corrected chi connectivity index (χ0v) is 8.46. The van der Waals surface area contributed by atoms with Crippen molar-refractivity contribution in [2.24, 2.45) is 0 Å². The van der Waals surface area contributed by atoms with Gasteiger partial charge in [0.15, 0.2) is 0 Å². The molecular formula is C11H14N4. The molecule has 15 heavy (non-hydrogen) atoms. The zero-order chi connectivity index (χ0) is 10.1. The molecule has 1 atom stereocenters. The Labute approximate surface area is 88.1 Å². The van der Waals surface area contributed by atoms with Crippen molar-refractivity contribution < 1.29 is 0 Å². The van der Waals surface area contributed by atoms with Crippen LogP contribution in [0.4, 0.5) is 5.95 Å². The molecule has 0 spiro atoms. The lowest BCUT2D eigenvalue weighted by atomic mass is 10.3. The lowest BCUT2D eigenvalue weighted by Crippen LogP contribution is -2.22. The molecule has 0 saturated carbocycles. The largest absolute Gasteiger partial charge is 0.352 e. The summed E-state index contributed by atoms with van der Waals surface area (Å²) in [6, 6.07) is 8.58. The first-order valence-electron chi connectivity index (χ1n) is 5.34. The lowest BCUT2D eigenvalue weighted by molar-refractivity contribution is 0.784. The summed E-state index contributed by atoms with van der Waals surface area (Å²) in [6.45, 7) is 2.12. The second kappa shape index (κ2) is 3.55. The van der Waals surface area contributed by atoms with Gasteiger partial charge in [0.1, 0.15) is 0 Å². The van der Waals surface area contributed by atoms with Gasteiger partial charge in [0.25, 0.3) is 0 Å². The number of imidazole rings is 1. The van der Waals surface area contributed by atoms with E-state index in [-0.39, 0.29) is 0 Å². The van der Waals surface area contributed by atoms with E-state index in [1.54, 1.807) is 0 Å². The number of hydrogen-bond donors (Lipinski definition) is 3. The van der Waals surface area contributed by atoms with Crippen molar-refractivity contribution in [1.29, 1.82) is 0 Å². The van der Waals surface area contributed by atoms with Crippen molar-refractivity contribution in [2.75, 3.05) is 18.4 Å². The minimum Gasteiger partial charge on any atom is -0.352 e. The molecule has 0 amide bonds. The van der Waals surface area contributed by atoms with Gasteiger partial charge in [-0.05, 0) is 25.1 Å². The number of aromatic nitrogens is 2. The molecule has 2 aromatic rings. The standard InChI is InChI=1S/C11H14N4/c1-2-4-10-9(3-1)14-11(15-10)13-8-5-6-12-7-8/h1-4,8,12H,5-7H2,(H2,13,14,15)/t8-/m1/s1. The van der Waals surface area contributed by atoms with Gasteiger partial charge in [-0.1, -0.05) is 12.1 Å². The highest BCUT2D eigenvalue weighted by atomic mass is 15.2. The van der Waals surface area contributed by atoms with Crippen molar-refractivity contribution in [1.82, 2.24) is 15.3 Å². The number of benzene rings is 1. The van der Waals surface area contributed by atoms with Crippen LogP contribution in [0.1, 0.15) is 6.42 Å². The molecule has 4 heteroatoms. The maximum atomic E-state index is 4.48. The molecule has 78 valence electrons. The Morgan fingerprint density at radius 3 is 3.07 bits per heavy atom. The highest BCUT2D eigenvalue weighted by Crippen LogP contribution is 2.14. The fourth-order valence-corrected chi connectivity index (χ4v) is 1.99. The summed E-state index contributed by atoms with van der Waals surface area (Å²) in [6.07, 6.45) is 1.16. The van der Waals surface area contributed by atoms with E-state index in [0.717, 1.165) is 36.5 Å². The maximum absolute atomic E-state index is 4.48. The van der Waals surface area contributed by atoms with E-state index in [0.29, 0.717) is 6.04 Å². The summed E-state index contributed by atoms with van der Waals surface area (Å²) in [5.41, 5.74) is 2.11. The van der Waals surface area contributed by atoms with Crippen LogP contribution in [0.25, 0.3) is 11.0 Å². The molecule has 0 unspecified atom stereocenters. The molecule has 0 aliphatic carbocycles. The number of aromatic amines is 1. The van der Waals surface area contributed by atoms with Gasteiger partial charge in [-0.15, -0.1) is 0 Å². The first kappa shape index (κ1) is 8.73. The van der Waals surface area contributed by atoms with Crippen LogP contribution >= 0.6 is 0 Å². The van der Waals surface area contributed by atoms with Crippen LogP contribution < -0.4 is 10.6 Å². The highest BCUT2D eigenvalue weighted by Gasteiger charge is 2.15. The fraction of sp³-hybridized carbons (Fsp3) is 0.364. The Kier molecular flexibility index (Phi) is 2.07. The normalized spacial score (nSPS) is 20.9. The summed E-state index contributed by atoms with van der Waals surface area (Å²) in [5, 5.41) is 6.72. The van der Waals surface area contributed by atoms with E-state index < -0.39 is 0 Å². The van der Waals surface area contributed by atoms with E-state index in [9.17, 15) is 0 Å². The van der Waals surface area contributed by atoms with Gasteiger partial charge < -0.3 is 15.6 Å². The Morgan fingerprint density at radius 1 is 1.33 bits per heavy atom. The predicted octanol–water partition coefficient (Wildman–Crippen LogP) is 1.34. The third-order valence-corrected chi connectivity index (χ3v) is 2.79. The van der Waals surface area contributed by atoms with Crippen molar-refractivity contribution in [2.45, 2.75) is 12.5 Å². The van der Waals surface area contributed by atoms with Gasteiger partial charge in [0.2, 0.25) is 5.95 Å². The van der Waals surface area contributed by atoms with Crippen LogP contribution in [0.2, 0.25) is 0 Å². The topological polar surface area (TPSA) is 52.7 Å². The summed E-state index contributed by atoms with van der Waals surface area (Å²) >= 11 is 0. The zero-order valence-electron chi connectivity index (χ0n) is 8.46. The number of anilines is 1. The molecule has 2 heterocycles. The number of H-pyrrole nitrogens is 1. The van der Waals surface area contributed by atoms with Crippen LogP contribution in [-0.2, 0) is 0 Å². The van der Waals surface area contributed by atoms with E-state index in [1.807, 2.05) is 24.3 Å². The van der Waals surface area contributed by atoms with Crippen molar-refractivity contribution in [3.8, 4) is 0 Å². The molecule has 3 rings (SSSR count). The van der Waals surface area contributed by atoms with Crippen LogP contribution in [-0.4, -0.2) is 29.1 Å². The molecule has 1 aromatic carbocycles. The molecule has 0 radical (unpaired) electrons. The summed E-state index contributed by atoms with van der Waals surface area (Å²) < 4.78 is 0. The van der Waals surface area contributed by atoms with Crippen molar-refractivity contribution >= 4 is 17.0 Å². The summed E-state index contributed by atoms with van der Waals surface area (Å²) in [7, 11) is 0. The van der Waals surface area contributed by atoms with Crippen LogP contribution in [0, 0.1) is 0 Å². The molecule has 4 nitrogen and oxygen atoms in total. The second-order valence-electron chi connectivity index (χ2n) is 3.94. The third-order valence-electron chi connectivity index (χ3n) is 2.79. The summed E-state index contributed by atoms with van der Waals surface area (Å²) in [4.78, 5) is 7.75. The van der Waals surface area contributed by atoms with E-state index in [1.165, 1.54) is 0 Å². The smallest absolute Gasteiger partial charge is 0.201 e. The molecule has 0 bridgehead atoms. The Balaban J connectivity index is 1.84. The van der Waals surface area contributed by atoms with Gasteiger partial charge in [-0.3, -0.25) is 0 Å². The van der Waals surface area contributed by atoms with Crippen LogP contribution in [0.5, 0.6) is 0 Å². The van der Waals surface area contributed by atoms with Gasteiger partial charge in [0.05, 0.1) is 11.0 Å². The third kappa shape index (κ3) is 1.68. The molecule has 3 N–H and O–H groups in total. The maximum Gasteiger partial charge on any atom is 0.201 e. The molecule has 1 saturated heterocycles. The Morgan fingerprint density at radius 2 is 2.27 bits per heavy atom. The Hall–Kier alpha value is -1.55. The average Bonchev–Trinajstić information content (AvgIpc) is 2.86. The first-order chi connectivity index (χ1) is 7.42. The van der Waals surface area contributed by atoms with Crippen LogP contribution in [0.3, 0.4) is 0 Å². The quantitative estimate of drug-likeness (QED) is 0.688. The van der Waals surface area contributed by atoms with Crippen LogP contribution in [0.15, 0.2) is 24.3 Å². The number of para-hydroxylation sites is 2. The average molecular weight is 202 g/mol. The van der Waals surface area contributed by atoms with E-state index in [2.05, 4.69) is 20.6 Å². The Bertz CT molecular complexity index is 423. The number of nitrogens with one attached hydrogen (secondary N) is 3. The van der Waals surface area contributed by atoms with Crippen molar-refractivity contribution in [3.63, 3.8) is 0 Å². The van der Waals surface area contributed by atoms with Gasteiger partial charge in [-0.25, -0.2) is 4.98 Å². The first-order valence-corrected chi connectivity index (χ1v) is 5.34. The number of rotatable bonds is 2. The minimum atomic E-state index is 0.505. The van der Waals surface area contributed by atoms with E-state index >= 15 is 0 Å². The molecular weight excluding hydrogens is 188 g/mol. The lowest BCUT2D eigenvalue weighted by Gasteiger charge is -2.08. The van der Waals surface area contributed by atoms with E-state index in [4.69, 9.17) is 0 Å². The fourth-order valence-electron chi connectivity index (χ4n) is 1.99. The SMILES string of the molecule is c1ccc2[nH]c(N[C@@H]3CCNC3)nc2c1. The van der Waals surface area contributed by atoms with Gasteiger partial charge >= 0.3 is 0 Å². The van der Waals surface area contributed by atoms with Gasteiger partial charge in [0, 0.05) is 12.6 Å². The number of fused-ring (bicyclic) bond motifs is 1. The molecule has 1 aliphatic rings. The second-order valence-corrected chi connectivity index (χ2v) is 3.94. The molecule has 1 aliphatic heterocycles. The monoisotopic (exact) mass is 202 g/mol. The highest BCUT2D eigenvalue weighted by molar-refractivity contribution is 5.77. The van der Waals surface area contributed by atoms with Gasteiger partial charge in [-0.2, -0.15) is 0 Å². The predicted molar refractivity (Wildman–Crippen MR) is 61.0 cm³/mol. The molecule has 1 aromatic heterocycles. The minimum absolute atomic E-state index is 0.505. The molecule has 1 fully saturated rings. The number of hydrogen-bond acceptors (Lipinski definition) is 3. The number of nitrogens with zero attached hydrogens (tertiary/aromatic N) is 1. The van der Waals surface area contributed by atoms with Crippen molar-refractivity contribution in [3.05, 3.63) is 24.3 Å². The summed E-state index contributed by atoms with van der Waals surface area (Å²) in [5.74, 6) is 0.880.